The Balaban J connectivity index is 1.56. The Kier molecular flexibility index (Phi) is 7.09. The van der Waals surface area contributed by atoms with Crippen molar-refractivity contribution >= 4 is 34.2 Å². The Morgan fingerprint density at radius 3 is 2.64 bits per heavy atom. The molecule has 1 fully saturated rings. The Morgan fingerprint density at radius 1 is 1.19 bits per heavy atom. The molecule has 36 heavy (non-hydrogen) atoms. The highest BCUT2D eigenvalue weighted by molar-refractivity contribution is 6.33. The lowest BCUT2D eigenvalue weighted by atomic mass is 9.74. The molecule has 2 heterocycles. The monoisotopic (exact) mass is 514 g/mol. The van der Waals surface area contributed by atoms with Gasteiger partial charge in [0.25, 0.3) is 11.5 Å². The molecule has 0 bridgehead atoms. The quantitative estimate of drug-likeness (QED) is 0.476. The van der Waals surface area contributed by atoms with E-state index < -0.39 is 23.3 Å². The van der Waals surface area contributed by atoms with Crippen LogP contribution in [-0.4, -0.2) is 46.1 Å². The van der Waals surface area contributed by atoms with Crippen molar-refractivity contribution in [2.45, 2.75) is 39.7 Å². The molecule has 0 spiro atoms. The summed E-state index contributed by atoms with van der Waals surface area (Å²) in [4.78, 5) is 41.7. The van der Waals surface area contributed by atoms with Gasteiger partial charge in [0.1, 0.15) is 11.6 Å². The summed E-state index contributed by atoms with van der Waals surface area (Å²) in [6, 6.07) is 8.99. The molecule has 3 aromatic rings. The third-order valence-electron chi connectivity index (χ3n) is 7.06. The molecular weight excluding hydrogens is 487 g/mol. The zero-order valence-electron chi connectivity index (χ0n) is 20.3. The minimum absolute atomic E-state index is 0.157. The summed E-state index contributed by atoms with van der Waals surface area (Å²) in [5, 5.41) is 10.7. The molecule has 1 aromatic heterocycles. The molecular formula is C27H28ClFN2O5. The number of fused-ring (bicyclic) bond motifs is 1. The summed E-state index contributed by atoms with van der Waals surface area (Å²) in [5.41, 5.74) is -0.0783. The fraction of sp³-hybridized carbons (Fsp3) is 0.370. The summed E-state index contributed by atoms with van der Waals surface area (Å²) in [6.45, 7) is 5.90. The second-order valence-corrected chi connectivity index (χ2v) is 10.2. The number of carboxylic acids is 1. The van der Waals surface area contributed by atoms with E-state index in [4.69, 9.17) is 16.3 Å². The Bertz CT molecular complexity index is 1390. The molecule has 0 radical (unpaired) electrons. The lowest BCUT2D eigenvalue weighted by molar-refractivity contribution is -0.154. The van der Waals surface area contributed by atoms with E-state index in [1.165, 1.54) is 18.3 Å². The number of aromatic amines is 1. The molecule has 1 saturated heterocycles. The van der Waals surface area contributed by atoms with Gasteiger partial charge in [0, 0.05) is 30.4 Å². The molecule has 0 aliphatic carbocycles. The van der Waals surface area contributed by atoms with Gasteiger partial charge in [-0.05, 0) is 81.3 Å². The van der Waals surface area contributed by atoms with Crippen molar-refractivity contribution in [1.82, 2.24) is 9.88 Å². The average molecular weight is 515 g/mol. The van der Waals surface area contributed by atoms with Crippen LogP contribution in [-0.2, 0) is 9.59 Å². The van der Waals surface area contributed by atoms with E-state index in [0.29, 0.717) is 40.7 Å². The highest BCUT2D eigenvalue weighted by atomic mass is 35.5. The summed E-state index contributed by atoms with van der Waals surface area (Å²) >= 11 is 6.24. The molecule has 2 atom stereocenters. The van der Waals surface area contributed by atoms with Gasteiger partial charge in [0.05, 0.1) is 15.8 Å². The first-order valence-electron chi connectivity index (χ1n) is 11.8. The predicted octanol–water partition coefficient (Wildman–Crippen LogP) is 5.10. The number of hydrogen-bond donors (Lipinski definition) is 2. The lowest BCUT2D eigenvalue weighted by Crippen LogP contribution is -2.50. The number of aromatic nitrogens is 1. The lowest BCUT2D eigenvalue weighted by Gasteiger charge is -2.40. The maximum absolute atomic E-state index is 13.5. The summed E-state index contributed by atoms with van der Waals surface area (Å²) in [7, 11) is 0. The molecule has 1 aliphatic heterocycles. The Morgan fingerprint density at radius 2 is 1.94 bits per heavy atom. The van der Waals surface area contributed by atoms with Crippen LogP contribution in [0.3, 0.4) is 0 Å². The normalized spacial score (nSPS) is 17.1. The van der Waals surface area contributed by atoms with Crippen LogP contribution in [0.25, 0.3) is 21.9 Å². The van der Waals surface area contributed by atoms with Crippen LogP contribution in [0.15, 0.2) is 47.4 Å². The standard InChI is InChI=1S/C27H28ClFN2O5/c1-15(25(33)31-10-4-5-16(14-31)27(2,3)26(34)35)36-18-7-9-19-21(12-18)24(32)30-13-22(19)20-8-6-17(29)11-23(20)28/h6-9,11-13,15-16H,4-5,10,14H2,1-3H3,(H,30,32)(H,34,35)/t15-,16?/m1/s1. The molecule has 2 aromatic carbocycles. The smallest absolute Gasteiger partial charge is 0.309 e. The number of halogens is 2. The number of piperidine rings is 1. The van der Waals surface area contributed by atoms with Crippen LogP contribution in [0, 0.1) is 17.2 Å². The minimum Gasteiger partial charge on any atom is -0.481 e. The fourth-order valence-electron chi connectivity index (χ4n) is 4.70. The van der Waals surface area contributed by atoms with E-state index in [0.717, 1.165) is 12.8 Å². The maximum Gasteiger partial charge on any atom is 0.309 e. The number of carbonyl (C=O) groups excluding carboxylic acids is 1. The highest BCUT2D eigenvalue weighted by Gasteiger charge is 2.40. The van der Waals surface area contributed by atoms with Gasteiger partial charge >= 0.3 is 5.97 Å². The van der Waals surface area contributed by atoms with Crippen LogP contribution < -0.4 is 10.3 Å². The first-order valence-corrected chi connectivity index (χ1v) is 12.2. The second-order valence-electron chi connectivity index (χ2n) is 9.77. The van der Waals surface area contributed by atoms with Gasteiger partial charge in [-0.3, -0.25) is 14.4 Å². The largest absolute Gasteiger partial charge is 0.481 e. The van der Waals surface area contributed by atoms with Crippen LogP contribution in [0.1, 0.15) is 33.6 Å². The summed E-state index contributed by atoms with van der Waals surface area (Å²) in [6.07, 6.45) is 2.16. The van der Waals surface area contributed by atoms with Gasteiger partial charge in [-0.25, -0.2) is 4.39 Å². The SMILES string of the molecule is C[C@@H](Oc1ccc2c(-c3ccc(F)cc3Cl)c[nH]c(=O)c2c1)C(=O)N1CCCC(C(C)(C)C(=O)O)C1. The van der Waals surface area contributed by atoms with Crippen LogP contribution in [0.4, 0.5) is 4.39 Å². The van der Waals surface area contributed by atoms with Crippen molar-refractivity contribution in [2.75, 3.05) is 13.1 Å². The number of carboxylic acid groups (broad SMARTS) is 1. The van der Waals surface area contributed by atoms with Crippen LogP contribution in [0.5, 0.6) is 5.75 Å². The fourth-order valence-corrected chi connectivity index (χ4v) is 4.97. The number of benzene rings is 2. The van der Waals surface area contributed by atoms with Gasteiger partial charge in [0.2, 0.25) is 0 Å². The van der Waals surface area contributed by atoms with E-state index >= 15 is 0 Å². The number of rotatable bonds is 6. The zero-order valence-corrected chi connectivity index (χ0v) is 21.1. The third-order valence-corrected chi connectivity index (χ3v) is 7.37. The van der Waals surface area contributed by atoms with Crippen molar-refractivity contribution in [3.8, 4) is 16.9 Å². The highest BCUT2D eigenvalue weighted by Crippen LogP contribution is 2.35. The number of likely N-dealkylation sites (tertiary alicyclic amines) is 1. The van der Waals surface area contributed by atoms with Crippen LogP contribution >= 0.6 is 11.6 Å². The number of pyridine rings is 1. The van der Waals surface area contributed by atoms with Gasteiger partial charge in [-0.2, -0.15) is 0 Å². The van der Waals surface area contributed by atoms with E-state index in [9.17, 15) is 23.9 Å². The molecule has 190 valence electrons. The molecule has 1 aliphatic rings. The Hall–Kier alpha value is -3.39. The van der Waals surface area contributed by atoms with E-state index in [2.05, 4.69) is 4.98 Å². The van der Waals surface area contributed by atoms with Crippen molar-refractivity contribution in [1.29, 1.82) is 0 Å². The number of H-pyrrole nitrogens is 1. The van der Waals surface area contributed by atoms with Gasteiger partial charge in [0.15, 0.2) is 6.10 Å². The Labute approximate surface area is 212 Å². The summed E-state index contributed by atoms with van der Waals surface area (Å²) < 4.78 is 19.4. The van der Waals surface area contributed by atoms with Crippen molar-refractivity contribution in [3.63, 3.8) is 0 Å². The topological polar surface area (TPSA) is 99.7 Å². The van der Waals surface area contributed by atoms with Gasteiger partial charge in [-0.1, -0.05) is 11.6 Å². The molecule has 7 nitrogen and oxygen atoms in total. The number of carbonyl (C=O) groups is 2. The van der Waals surface area contributed by atoms with Crippen molar-refractivity contribution in [3.05, 3.63) is 63.8 Å². The van der Waals surface area contributed by atoms with Crippen molar-refractivity contribution in [2.24, 2.45) is 11.3 Å². The molecule has 2 N–H and O–H groups in total. The van der Waals surface area contributed by atoms with Crippen LogP contribution in [0.2, 0.25) is 5.02 Å². The molecule has 4 rings (SSSR count). The first kappa shape index (κ1) is 25.7. The second kappa shape index (κ2) is 9.93. The average Bonchev–Trinajstić information content (AvgIpc) is 2.84. The molecule has 0 saturated carbocycles. The molecule has 1 unspecified atom stereocenters. The number of amides is 1. The number of hydrogen-bond acceptors (Lipinski definition) is 4. The number of aliphatic carboxylic acids is 1. The first-order chi connectivity index (χ1) is 17.0. The zero-order chi connectivity index (χ0) is 26.2. The molecule has 1 amide bonds. The summed E-state index contributed by atoms with van der Waals surface area (Å²) in [5.74, 6) is -1.39. The minimum atomic E-state index is -0.937. The third kappa shape index (κ3) is 4.95. The van der Waals surface area contributed by atoms with E-state index in [1.807, 2.05) is 0 Å². The number of ether oxygens (including phenoxy) is 1. The van der Waals surface area contributed by atoms with Gasteiger partial charge in [-0.15, -0.1) is 0 Å². The predicted molar refractivity (Wildman–Crippen MR) is 136 cm³/mol. The molecule has 9 heteroatoms. The number of nitrogens with one attached hydrogen (secondary N) is 1. The van der Waals surface area contributed by atoms with Crippen molar-refractivity contribution < 1.29 is 23.8 Å². The van der Waals surface area contributed by atoms with Gasteiger partial charge < -0.3 is 19.7 Å². The number of nitrogens with zero attached hydrogens (tertiary/aromatic N) is 1. The van der Waals surface area contributed by atoms with E-state index in [1.54, 1.807) is 49.9 Å². The maximum atomic E-state index is 13.5. The van der Waals surface area contributed by atoms with E-state index in [-0.39, 0.29) is 22.4 Å².